The molecule has 0 amide bonds. The van der Waals surface area contributed by atoms with Crippen LogP contribution in [0.1, 0.15) is 71.6 Å². The summed E-state index contributed by atoms with van der Waals surface area (Å²) in [5.41, 5.74) is 0.777. The van der Waals surface area contributed by atoms with Crippen molar-refractivity contribution >= 4 is 11.8 Å². The third-order valence-electron chi connectivity index (χ3n) is 9.23. The van der Waals surface area contributed by atoms with Crippen molar-refractivity contribution in [1.82, 2.24) is 0 Å². The fraction of sp³-hybridized carbons (Fsp3) is 0.818. The number of rotatable bonds is 0. The molecule has 4 fully saturated rings. The number of fused-ring (bicyclic) bond motifs is 6. The smallest absolute Gasteiger partial charge is 0.306 e. The van der Waals surface area contributed by atoms with Gasteiger partial charge in [-0.15, -0.1) is 0 Å². The van der Waals surface area contributed by atoms with Crippen LogP contribution in [0.3, 0.4) is 0 Å². The highest BCUT2D eigenvalue weighted by Gasteiger charge is 2.68. The molecule has 4 nitrogen and oxygen atoms in total. The van der Waals surface area contributed by atoms with Gasteiger partial charge in [0.2, 0.25) is 0 Å². The van der Waals surface area contributed by atoms with E-state index in [0.29, 0.717) is 24.7 Å². The van der Waals surface area contributed by atoms with Crippen molar-refractivity contribution in [3.05, 3.63) is 11.6 Å². The minimum absolute atomic E-state index is 0.0420. The van der Waals surface area contributed by atoms with Crippen LogP contribution in [-0.2, 0) is 14.3 Å². The number of carbonyl (C=O) groups excluding carboxylic acids is 2. The normalized spacial score (nSPS) is 53.0. The van der Waals surface area contributed by atoms with Gasteiger partial charge in [-0.1, -0.05) is 19.4 Å². The Labute approximate surface area is 155 Å². The molecule has 1 saturated heterocycles. The van der Waals surface area contributed by atoms with Crippen LogP contribution >= 0.6 is 0 Å². The predicted octanol–water partition coefficient (Wildman–Crippen LogP) is 3.56. The lowest BCUT2D eigenvalue weighted by Gasteiger charge is -2.60. The molecule has 4 heteroatoms. The van der Waals surface area contributed by atoms with E-state index < -0.39 is 0 Å². The standard InChI is InChI=1S/C22H30O4/c1-20-8-5-14(23)11-13(20)3-4-15-16-6-9-22(10-7-18(25)26-22)21(16,2)12-17(24)19(15)20/h11,15-17,19,24H,3-10,12H2,1-2H3/t15-,16-,17?,19?,20-,21?,22+/m0/s1. The maximum Gasteiger partial charge on any atom is 0.306 e. The van der Waals surface area contributed by atoms with Gasteiger partial charge in [0.1, 0.15) is 5.60 Å². The molecule has 1 N–H and O–H groups in total. The maximum absolute atomic E-state index is 11.9. The second-order valence-electron chi connectivity index (χ2n) is 10.1. The van der Waals surface area contributed by atoms with Crippen LogP contribution in [0.5, 0.6) is 0 Å². The Balaban J connectivity index is 1.53. The molecule has 5 rings (SSSR count). The van der Waals surface area contributed by atoms with Gasteiger partial charge in [-0.05, 0) is 74.2 Å². The summed E-state index contributed by atoms with van der Waals surface area (Å²) in [5.74, 6) is 1.41. The number of hydrogen-bond donors (Lipinski definition) is 1. The highest BCUT2D eigenvalue weighted by molar-refractivity contribution is 5.91. The van der Waals surface area contributed by atoms with Crippen molar-refractivity contribution in [2.24, 2.45) is 28.6 Å². The first-order valence-electron chi connectivity index (χ1n) is 10.4. The van der Waals surface area contributed by atoms with Crippen LogP contribution in [-0.4, -0.2) is 28.6 Å². The summed E-state index contributed by atoms with van der Waals surface area (Å²) in [7, 11) is 0. The second kappa shape index (κ2) is 5.21. The van der Waals surface area contributed by atoms with Crippen molar-refractivity contribution in [2.45, 2.75) is 83.3 Å². The van der Waals surface area contributed by atoms with E-state index in [1.807, 2.05) is 6.08 Å². The molecule has 3 saturated carbocycles. The summed E-state index contributed by atoms with van der Waals surface area (Å²) in [5, 5.41) is 11.3. The van der Waals surface area contributed by atoms with Gasteiger partial charge in [0.25, 0.3) is 0 Å². The van der Waals surface area contributed by atoms with E-state index in [4.69, 9.17) is 4.74 Å². The number of aliphatic hydroxyl groups is 1. The van der Waals surface area contributed by atoms with E-state index in [1.165, 1.54) is 5.57 Å². The number of carbonyl (C=O) groups is 2. The topological polar surface area (TPSA) is 63.6 Å². The first-order chi connectivity index (χ1) is 12.3. The Kier molecular flexibility index (Phi) is 3.40. The first-order valence-corrected chi connectivity index (χ1v) is 10.4. The van der Waals surface area contributed by atoms with E-state index in [2.05, 4.69) is 13.8 Å². The van der Waals surface area contributed by atoms with Crippen LogP contribution in [0.25, 0.3) is 0 Å². The first kappa shape index (κ1) is 17.0. The van der Waals surface area contributed by atoms with Gasteiger partial charge < -0.3 is 9.84 Å². The summed E-state index contributed by atoms with van der Waals surface area (Å²) in [6, 6.07) is 0. The van der Waals surface area contributed by atoms with Crippen molar-refractivity contribution in [3.8, 4) is 0 Å². The number of ketones is 1. The number of hydrogen-bond acceptors (Lipinski definition) is 4. The molecule has 0 aromatic carbocycles. The molecule has 5 aliphatic rings. The third-order valence-corrected chi connectivity index (χ3v) is 9.23. The Hall–Kier alpha value is -1.16. The lowest BCUT2D eigenvalue weighted by Crippen LogP contribution is -2.59. The average Bonchev–Trinajstić information content (AvgIpc) is 3.09. The minimum Gasteiger partial charge on any atom is -0.458 e. The van der Waals surface area contributed by atoms with Gasteiger partial charge >= 0.3 is 5.97 Å². The van der Waals surface area contributed by atoms with Crippen LogP contribution in [0, 0.1) is 28.6 Å². The molecule has 0 radical (unpaired) electrons. The maximum atomic E-state index is 11.9. The van der Waals surface area contributed by atoms with Gasteiger partial charge in [-0.25, -0.2) is 0 Å². The van der Waals surface area contributed by atoms with E-state index >= 15 is 0 Å². The molecule has 3 unspecified atom stereocenters. The van der Waals surface area contributed by atoms with E-state index in [-0.39, 0.29) is 40.2 Å². The van der Waals surface area contributed by atoms with E-state index in [1.54, 1.807) is 0 Å². The second-order valence-corrected chi connectivity index (χ2v) is 10.1. The quantitative estimate of drug-likeness (QED) is 0.673. The zero-order chi connectivity index (χ0) is 18.3. The van der Waals surface area contributed by atoms with Crippen molar-refractivity contribution < 1.29 is 19.4 Å². The van der Waals surface area contributed by atoms with E-state index in [9.17, 15) is 14.7 Å². The fourth-order valence-electron chi connectivity index (χ4n) is 7.97. The largest absolute Gasteiger partial charge is 0.458 e. The monoisotopic (exact) mass is 358 g/mol. The molecule has 1 aliphatic heterocycles. The zero-order valence-corrected chi connectivity index (χ0v) is 15.9. The molecule has 26 heavy (non-hydrogen) atoms. The number of ether oxygens (including phenoxy) is 1. The van der Waals surface area contributed by atoms with Crippen LogP contribution < -0.4 is 0 Å². The van der Waals surface area contributed by atoms with Gasteiger partial charge in [-0.3, -0.25) is 9.59 Å². The SMILES string of the molecule is CC12CC(O)C3[C@@H](CCC4=CC(=O)CC[C@@]43C)[C@@H]1CC[C@@]21CCC(=O)O1. The summed E-state index contributed by atoms with van der Waals surface area (Å²) in [6.45, 7) is 4.56. The number of esters is 1. The summed E-state index contributed by atoms with van der Waals surface area (Å²) in [6.07, 6.45) is 9.16. The van der Waals surface area contributed by atoms with Crippen molar-refractivity contribution in [2.75, 3.05) is 0 Å². The molecular formula is C22H30O4. The van der Waals surface area contributed by atoms with Crippen LogP contribution in [0.2, 0.25) is 0 Å². The average molecular weight is 358 g/mol. The molecule has 4 aliphatic carbocycles. The predicted molar refractivity (Wildman–Crippen MR) is 96.2 cm³/mol. The number of aliphatic hydroxyl groups excluding tert-OH is 1. The highest BCUT2D eigenvalue weighted by atomic mass is 16.6. The minimum atomic E-state index is -0.377. The lowest BCUT2D eigenvalue weighted by molar-refractivity contribution is -0.184. The van der Waals surface area contributed by atoms with Gasteiger partial charge in [0.15, 0.2) is 5.78 Å². The Morgan fingerprint density at radius 3 is 2.62 bits per heavy atom. The van der Waals surface area contributed by atoms with Crippen LogP contribution in [0.4, 0.5) is 0 Å². The molecule has 1 spiro atoms. The Morgan fingerprint density at radius 1 is 1.08 bits per heavy atom. The molecule has 7 atom stereocenters. The lowest BCUT2D eigenvalue weighted by atomic mass is 9.45. The van der Waals surface area contributed by atoms with E-state index in [0.717, 1.165) is 44.9 Å². The van der Waals surface area contributed by atoms with Gasteiger partial charge in [-0.2, -0.15) is 0 Å². The Bertz CT molecular complexity index is 711. The third kappa shape index (κ3) is 1.95. The van der Waals surface area contributed by atoms with Crippen molar-refractivity contribution in [1.29, 1.82) is 0 Å². The zero-order valence-electron chi connectivity index (χ0n) is 15.9. The number of allylic oxidation sites excluding steroid dienone is 1. The molecular weight excluding hydrogens is 328 g/mol. The van der Waals surface area contributed by atoms with Gasteiger partial charge in [0.05, 0.1) is 6.10 Å². The summed E-state index contributed by atoms with van der Waals surface area (Å²) >= 11 is 0. The molecule has 142 valence electrons. The summed E-state index contributed by atoms with van der Waals surface area (Å²) < 4.78 is 5.95. The summed E-state index contributed by atoms with van der Waals surface area (Å²) in [4.78, 5) is 23.9. The van der Waals surface area contributed by atoms with Gasteiger partial charge in [0, 0.05) is 18.3 Å². The molecule has 0 aromatic heterocycles. The Morgan fingerprint density at radius 2 is 1.88 bits per heavy atom. The fourth-order valence-corrected chi connectivity index (χ4v) is 7.97. The highest BCUT2D eigenvalue weighted by Crippen LogP contribution is 2.69. The van der Waals surface area contributed by atoms with Crippen molar-refractivity contribution in [3.63, 3.8) is 0 Å². The molecule has 0 bridgehead atoms. The molecule has 0 aromatic rings. The van der Waals surface area contributed by atoms with Crippen LogP contribution in [0.15, 0.2) is 11.6 Å². The molecule has 1 heterocycles.